The molecule has 0 amide bonds. The fraction of sp³-hybridized carbons (Fsp3) is 0.125. The second-order valence-electron chi connectivity index (χ2n) is 7.24. The molecule has 166 valence electrons. The van der Waals surface area contributed by atoms with E-state index in [2.05, 4.69) is 20.4 Å². The Bertz CT molecular complexity index is 1320. The van der Waals surface area contributed by atoms with E-state index in [4.69, 9.17) is 26.4 Å². The summed E-state index contributed by atoms with van der Waals surface area (Å²) in [5, 5.41) is 15.5. The number of rotatable bonds is 6. The summed E-state index contributed by atoms with van der Waals surface area (Å²) in [5.41, 5.74) is 4.13. The van der Waals surface area contributed by atoms with E-state index < -0.39 is 0 Å². The number of aromatic nitrogens is 2. The molecule has 0 atom stereocenters. The van der Waals surface area contributed by atoms with Gasteiger partial charge < -0.3 is 14.1 Å². The molecular formula is C24H22N6O2S. The van der Waals surface area contributed by atoms with Gasteiger partial charge in [0.15, 0.2) is 5.84 Å². The lowest BCUT2D eigenvalue weighted by molar-refractivity contribution is 0.415. The third kappa shape index (κ3) is 5.58. The normalized spacial score (nSPS) is 11.7. The quantitative estimate of drug-likeness (QED) is 0.158. The highest BCUT2D eigenvalue weighted by Gasteiger charge is 2.07. The average molecular weight is 459 g/mol. The van der Waals surface area contributed by atoms with E-state index in [1.165, 1.54) is 0 Å². The molecular weight excluding hydrogens is 436 g/mol. The minimum absolute atomic E-state index is 0.231. The van der Waals surface area contributed by atoms with Crippen LogP contribution in [0.15, 0.2) is 92.4 Å². The highest BCUT2D eigenvalue weighted by Crippen LogP contribution is 2.24. The van der Waals surface area contributed by atoms with Gasteiger partial charge in [-0.25, -0.2) is 10.1 Å². The molecule has 9 heteroatoms. The molecule has 33 heavy (non-hydrogen) atoms. The van der Waals surface area contributed by atoms with E-state index in [1.54, 1.807) is 7.11 Å². The molecule has 0 aliphatic heterocycles. The lowest BCUT2D eigenvalue weighted by atomic mass is 10.1. The minimum Gasteiger partial charge on any atom is -0.497 e. The Morgan fingerprint density at radius 3 is 2.18 bits per heavy atom. The van der Waals surface area contributed by atoms with Crippen LogP contribution in [-0.2, 0) is 0 Å². The lowest BCUT2D eigenvalue weighted by Crippen LogP contribution is -2.08. The van der Waals surface area contributed by atoms with Crippen LogP contribution in [0.25, 0.3) is 11.5 Å². The molecule has 3 aromatic carbocycles. The number of ether oxygens (including phenoxy) is 1. The fourth-order valence-electron chi connectivity index (χ4n) is 2.96. The topological polar surface area (TPSA) is 91.4 Å². The van der Waals surface area contributed by atoms with Crippen LogP contribution in [-0.4, -0.2) is 37.2 Å². The van der Waals surface area contributed by atoms with Crippen LogP contribution in [0.2, 0.25) is 0 Å². The largest absolute Gasteiger partial charge is 0.497 e. The summed E-state index contributed by atoms with van der Waals surface area (Å²) < 4.78 is 10.6. The number of hydrogen-bond acceptors (Lipinski definition) is 7. The van der Waals surface area contributed by atoms with Gasteiger partial charge in [0.25, 0.3) is 4.84 Å². The summed E-state index contributed by atoms with van der Waals surface area (Å²) >= 11 is 4.94. The Labute approximate surface area is 196 Å². The molecule has 0 saturated carbocycles. The van der Waals surface area contributed by atoms with Gasteiger partial charge in [-0.05, 0) is 85.0 Å². The summed E-state index contributed by atoms with van der Waals surface area (Å²) in [5.74, 6) is 1.67. The molecule has 0 aliphatic carbocycles. The smallest absolute Gasteiger partial charge is 0.284 e. The first-order chi connectivity index (χ1) is 16.0. The Kier molecular flexibility index (Phi) is 6.70. The van der Waals surface area contributed by atoms with Crippen LogP contribution in [0.1, 0.15) is 5.56 Å². The molecule has 8 nitrogen and oxygen atoms in total. The number of azo groups is 1. The molecule has 0 fully saturated rings. The van der Waals surface area contributed by atoms with Crippen molar-refractivity contribution < 1.29 is 9.15 Å². The Balaban J connectivity index is 1.67. The standard InChI is InChI=1S/C24H22N6O2S/c1-30(2)20-12-6-16(7-13-20)22(27-26-19-10-14-21(31-3)15-11-19)25-18-8-4-17(5-9-18)23-28-29-24(33)32-23/h4-15H,1-3H3,(H,29,33). The van der Waals surface area contributed by atoms with Crippen molar-refractivity contribution in [3.05, 3.63) is 83.2 Å². The van der Waals surface area contributed by atoms with Gasteiger partial charge in [-0.15, -0.1) is 15.3 Å². The molecule has 0 saturated heterocycles. The third-order valence-corrected chi connectivity index (χ3v) is 4.94. The average Bonchev–Trinajstić information content (AvgIpc) is 3.28. The van der Waals surface area contributed by atoms with Gasteiger partial charge in [-0.1, -0.05) is 0 Å². The van der Waals surface area contributed by atoms with E-state index in [0.717, 1.165) is 22.6 Å². The summed E-state index contributed by atoms with van der Waals surface area (Å²) in [6.45, 7) is 0. The van der Waals surface area contributed by atoms with Crippen molar-refractivity contribution >= 4 is 35.1 Å². The number of nitrogens with zero attached hydrogens (tertiary/aromatic N) is 5. The van der Waals surface area contributed by atoms with E-state index in [0.29, 0.717) is 23.1 Å². The number of anilines is 1. The van der Waals surface area contributed by atoms with Gasteiger partial charge in [0.1, 0.15) is 5.75 Å². The van der Waals surface area contributed by atoms with Gasteiger partial charge in [0.05, 0.1) is 18.5 Å². The van der Waals surface area contributed by atoms with Gasteiger partial charge >= 0.3 is 0 Å². The van der Waals surface area contributed by atoms with Crippen LogP contribution >= 0.6 is 12.2 Å². The summed E-state index contributed by atoms with van der Waals surface area (Å²) in [4.78, 5) is 7.00. The lowest BCUT2D eigenvalue weighted by Gasteiger charge is -2.12. The molecule has 4 aromatic rings. The highest BCUT2D eigenvalue weighted by molar-refractivity contribution is 7.71. The maximum absolute atomic E-state index is 5.36. The van der Waals surface area contributed by atoms with E-state index >= 15 is 0 Å². The molecule has 0 spiro atoms. The molecule has 0 bridgehead atoms. The minimum atomic E-state index is 0.231. The van der Waals surface area contributed by atoms with Crippen molar-refractivity contribution in [3.8, 4) is 17.2 Å². The second-order valence-corrected chi connectivity index (χ2v) is 7.61. The second kappa shape index (κ2) is 10.0. The first kappa shape index (κ1) is 22.1. The molecule has 0 unspecified atom stereocenters. The Hall–Kier alpha value is -4.11. The van der Waals surface area contributed by atoms with E-state index in [1.807, 2.05) is 91.8 Å². The Morgan fingerprint density at radius 1 is 0.939 bits per heavy atom. The maximum atomic E-state index is 5.36. The molecule has 1 aromatic heterocycles. The van der Waals surface area contributed by atoms with Crippen molar-refractivity contribution in [2.45, 2.75) is 0 Å². The number of benzene rings is 3. The highest BCUT2D eigenvalue weighted by atomic mass is 32.1. The number of hydrogen-bond donors (Lipinski definition) is 1. The van der Waals surface area contributed by atoms with Gasteiger partial charge in [-0.3, -0.25) is 0 Å². The summed E-state index contributed by atoms with van der Waals surface area (Å²) in [6.07, 6.45) is 0. The number of nitrogens with one attached hydrogen (secondary N) is 1. The molecule has 0 aliphatic rings. The van der Waals surface area contributed by atoms with Crippen LogP contribution in [0.5, 0.6) is 5.75 Å². The Morgan fingerprint density at radius 2 is 1.61 bits per heavy atom. The fourth-order valence-corrected chi connectivity index (χ4v) is 3.09. The van der Waals surface area contributed by atoms with Crippen molar-refractivity contribution in [1.82, 2.24) is 10.2 Å². The van der Waals surface area contributed by atoms with Gasteiger partial charge in [0.2, 0.25) is 5.89 Å². The number of methoxy groups -OCH3 is 1. The number of aliphatic imine (C=N–C) groups is 1. The number of aromatic amines is 1. The van der Waals surface area contributed by atoms with Crippen molar-refractivity contribution in [2.24, 2.45) is 15.2 Å². The number of H-pyrrole nitrogens is 1. The van der Waals surface area contributed by atoms with Gasteiger partial charge in [0, 0.05) is 30.9 Å². The third-order valence-electron chi connectivity index (χ3n) is 4.76. The molecule has 4 rings (SSSR count). The van der Waals surface area contributed by atoms with Crippen LogP contribution in [0.3, 0.4) is 0 Å². The van der Waals surface area contributed by atoms with E-state index in [-0.39, 0.29) is 4.84 Å². The van der Waals surface area contributed by atoms with Crippen molar-refractivity contribution in [1.29, 1.82) is 0 Å². The summed E-state index contributed by atoms with van der Waals surface area (Å²) in [7, 11) is 5.62. The van der Waals surface area contributed by atoms with Crippen LogP contribution in [0.4, 0.5) is 17.1 Å². The zero-order valence-electron chi connectivity index (χ0n) is 18.4. The predicted molar refractivity (Wildman–Crippen MR) is 132 cm³/mol. The molecule has 1 N–H and O–H groups in total. The zero-order chi connectivity index (χ0) is 23.2. The van der Waals surface area contributed by atoms with Crippen LogP contribution in [0, 0.1) is 4.84 Å². The van der Waals surface area contributed by atoms with E-state index in [9.17, 15) is 0 Å². The van der Waals surface area contributed by atoms with Gasteiger partial charge in [-0.2, -0.15) is 0 Å². The maximum Gasteiger partial charge on any atom is 0.284 e. The molecule has 1 heterocycles. The number of amidine groups is 1. The SMILES string of the molecule is COc1ccc(N=NC(=Nc2ccc(-c3n[nH]c(=S)o3)cc2)c2ccc(N(C)C)cc2)cc1. The first-order valence-corrected chi connectivity index (χ1v) is 10.5. The first-order valence-electron chi connectivity index (χ1n) is 10.1. The van der Waals surface area contributed by atoms with Crippen LogP contribution < -0.4 is 9.64 Å². The summed E-state index contributed by atoms with van der Waals surface area (Å²) in [6, 6.07) is 22.8. The molecule has 0 radical (unpaired) electrons. The predicted octanol–water partition coefficient (Wildman–Crippen LogP) is 6.34. The monoisotopic (exact) mass is 458 g/mol. The van der Waals surface area contributed by atoms with Crippen molar-refractivity contribution in [2.75, 3.05) is 26.1 Å². The zero-order valence-corrected chi connectivity index (χ0v) is 19.2. The van der Waals surface area contributed by atoms with Crippen molar-refractivity contribution in [3.63, 3.8) is 0 Å².